The van der Waals surface area contributed by atoms with Gasteiger partial charge >= 0.3 is 0 Å². The molecule has 124 valence electrons. The van der Waals surface area contributed by atoms with Crippen LogP contribution >= 0.6 is 12.4 Å². The van der Waals surface area contributed by atoms with Gasteiger partial charge in [-0.2, -0.15) is 5.10 Å². The highest BCUT2D eigenvalue weighted by Crippen LogP contribution is 2.45. The number of H-pyrrole nitrogens is 1. The summed E-state index contributed by atoms with van der Waals surface area (Å²) in [6, 6.07) is 0. The Bertz CT molecular complexity index is 522. The van der Waals surface area contributed by atoms with Crippen LogP contribution in [0.4, 0.5) is 0 Å². The second-order valence-electron chi connectivity index (χ2n) is 7.09. The van der Waals surface area contributed by atoms with E-state index < -0.39 is 0 Å². The smallest absolute Gasteiger partial charge is 0.272 e. The Morgan fingerprint density at radius 3 is 2.82 bits per heavy atom. The van der Waals surface area contributed by atoms with Crippen LogP contribution in [0.2, 0.25) is 0 Å². The molecule has 3 rings (SSSR count). The molecule has 0 atom stereocenters. The van der Waals surface area contributed by atoms with Gasteiger partial charge in [-0.3, -0.25) is 9.89 Å². The lowest BCUT2D eigenvalue weighted by Gasteiger charge is -2.43. The molecule has 2 aliphatic rings. The summed E-state index contributed by atoms with van der Waals surface area (Å²) in [5.74, 6) is 0.663. The summed E-state index contributed by atoms with van der Waals surface area (Å²) < 4.78 is 0. The van der Waals surface area contributed by atoms with Crippen LogP contribution in [0.15, 0.2) is 0 Å². The summed E-state index contributed by atoms with van der Waals surface area (Å²) in [5.41, 5.74) is 3.07. The maximum absolute atomic E-state index is 12.4. The first kappa shape index (κ1) is 17.3. The minimum atomic E-state index is -0.0220. The van der Waals surface area contributed by atoms with E-state index in [1.807, 2.05) is 0 Å². The van der Waals surface area contributed by atoms with Gasteiger partial charge in [0.2, 0.25) is 0 Å². The molecule has 1 aromatic rings. The Balaban J connectivity index is 0.00000176. The summed E-state index contributed by atoms with van der Waals surface area (Å²) in [5, 5.41) is 13.7. The number of carbonyl (C=O) groups is 1. The van der Waals surface area contributed by atoms with E-state index >= 15 is 0 Å². The molecule has 5 nitrogen and oxygen atoms in total. The Hall–Kier alpha value is -1.07. The third-order valence-electron chi connectivity index (χ3n) is 4.90. The highest BCUT2D eigenvalue weighted by Gasteiger charge is 2.37. The summed E-state index contributed by atoms with van der Waals surface area (Å²) >= 11 is 0. The minimum absolute atomic E-state index is 0. The van der Waals surface area contributed by atoms with E-state index in [0.29, 0.717) is 17.0 Å². The van der Waals surface area contributed by atoms with Crippen LogP contribution in [-0.2, 0) is 13.0 Å². The van der Waals surface area contributed by atoms with Gasteiger partial charge in [-0.05, 0) is 30.6 Å². The fourth-order valence-electron chi connectivity index (χ4n) is 3.76. The largest absolute Gasteiger partial charge is 0.350 e. The average Bonchev–Trinajstić information content (AvgIpc) is 2.85. The number of hydrogen-bond donors (Lipinski definition) is 3. The maximum atomic E-state index is 12.4. The third-order valence-corrected chi connectivity index (χ3v) is 4.90. The topological polar surface area (TPSA) is 69.8 Å². The van der Waals surface area contributed by atoms with Crippen LogP contribution in [0.3, 0.4) is 0 Å². The molecule has 1 saturated carbocycles. The summed E-state index contributed by atoms with van der Waals surface area (Å²) in [6.07, 6.45) is 5.90. The quantitative estimate of drug-likeness (QED) is 0.778. The second-order valence-corrected chi connectivity index (χ2v) is 7.09. The molecule has 1 fully saturated rings. The lowest BCUT2D eigenvalue weighted by molar-refractivity contribution is 0.0776. The number of nitrogens with zero attached hydrogens (tertiary/aromatic N) is 1. The van der Waals surface area contributed by atoms with Crippen LogP contribution in [0.1, 0.15) is 61.3 Å². The molecular weight excluding hydrogens is 300 g/mol. The Labute approximate surface area is 138 Å². The molecular formula is C16H27ClN4O. The van der Waals surface area contributed by atoms with Crippen LogP contribution in [0, 0.1) is 11.3 Å². The van der Waals surface area contributed by atoms with Gasteiger partial charge in [-0.1, -0.05) is 20.3 Å². The highest BCUT2D eigenvalue weighted by atomic mass is 35.5. The number of fused-ring (bicyclic) bond motifs is 1. The molecule has 22 heavy (non-hydrogen) atoms. The normalized spacial score (nSPS) is 19.0. The number of amides is 1. The third kappa shape index (κ3) is 3.46. The lowest BCUT2D eigenvalue weighted by Crippen LogP contribution is -2.43. The first-order chi connectivity index (χ1) is 10.1. The number of aromatic nitrogens is 2. The van der Waals surface area contributed by atoms with Gasteiger partial charge in [0.05, 0.1) is 0 Å². The van der Waals surface area contributed by atoms with Gasteiger partial charge in [0.25, 0.3) is 5.91 Å². The number of halogens is 1. The van der Waals surface area contributed by atoms with Crippen LogP contribution < -0.4 is 10.6 Å². The predicted molar refractivity (Wildman–Crippen MR) is 89.3 cm³/mol. The van der Waals surface area contributed by atoms with Crippen molar-refractivity contribution in [3.8, 4) is 0 Å². The van der Waals surface area contributed by atoms with Crippen molar-refractivity contribution in [3.05, 3.63) is 17.0 Å². The van der Waals surface area contributed by atoms with Crippen molar-refractivity contribution in [3.63, 3.8) is 0 Å². The molecule has 2 heterocycles. The standard InChI is InChI=1S/C16H26N4O.ClH/c1-11(2)8-16(5-3-6-16)10-18-15(21)14-12-9-17-7-4-13(12)19-20-14;/h11,17H,3-10H2,1-2H3,(H,18,21)(H,19,20);1H. The molecule has 1 aliphatic carbocycles. The van der Waals surface area contributed by atoms with E-state index in [1.54, 1.807) is 0 Å². The molecule has 0 radical (unpaired) electrons. The second kappa shape index (κ2) is 7.01. The number of nitrogens with one attached hydrogen (secondary N) is 3. The molecule has 0 bridgehead atoms. The van der Waals surface area contributed by atoms with Gasteiger partial charge in [0.1, 0.15) is 0 Å². The molecule has 0 saturated heterocycles. The predicted octanol–water partition coefficient (Wildman–Crippen LogP) is 2.42. The summed E-state index contributed by atoms with van der Waals surface area (Å²) in [6.45, 7) is 7.01. The van der Waals surface area contributed by atoms with Crippen molar-refractivity contribution in [2.24, 2.45) is 11.3 Å². The van der Waals surface area contributed by atoms with Crippen molar-refractivity contribution in [1.82, 2.24) is 20.8 Å². The Morgan fingerprint density at radius 2 is 2.18 bits per heavy atom. The van der Waals surface area contributed by atoms with E-state index in [9.17, 15) is 4.79 Å². The zero-order valence-electron chi connectivity index (χ0n) is 13.5. The van der Waals surface area contributed by atoms with E-state index in [4.69, 9.17) is 0 Å². The summed E-state index contributed by atoms with van der Waals surface area (Å²) in [7, 11) is 0. The summed E-state index contributed by atoms with van der Waals surface area (Å²) in [4.78, 5) is 12.4. The number of rotatable bonds is 5. The molecule has 0 spiro atoms. The monoisotopic (exact) mass is 326 g/mol. The van der Waals surface area contributed by atoms with Crippen LogP contribution in [-0.4, -0.2) is 29.2 Å². The molecule has 6 heteroatoms. The zero-order valence-corrected chi connectivity index (χ0v) is 14.3. The van der Waals surface area contributed by atoms with Crippen molar-refractivity contribution in [2.45, 2.75) is 52.5 Å². The van der Waals surface area contributed by atoms with Crippen molar-refractivity contribution in [1.29, 1.82) is 0 Å². The van der Waals surface area contributed by atoms with Gasteiger partial charge in [0, 0.05) is 37.3 Å². The van der Waals surface area contributed by atoms with E-state index in [-0.39, 0.29) is 18.3 Å². The molecule has 0 aromatic carbocycles. The van der Waals surface area contributed by atoms with Crippen LogP contribution in [0.25, 0.3) is 0 Å². The average molecular weight is 327 g/mol. The molecule has 0 unspecified atom stereocenters. The first-order valence-corrected chi connectivity index (χ1v) is 8.15. The number of carbonyl (C=O) groups excluding carboxylic acids is 1. The number of aromatic amines is 1. The van der Waals surface area contributed by atoms with Crippen molar-refractivity contribution >= 4 is 18.3 Å². The molecule has 1 aromatic heterocycles. The van der Waals surface area contributed by atoms with Crippen molar-refractivity contribution in [2.75, 3.05) is 13.1 Å². The SMILES string of the molecule is CC(C)CC1(CNC(=O)c2n[nH]c3c2CNCC3)CCC1.Cl. The Kier molecular flexibility index (Phi) is 5.50. The molecule has 3 N–H and O–H groups in total. The Morgan fingerprint density at radius 1 is 1.41 bits per heavy atom. The number of hydrogen-bond acceptors (Lipinski definition) is 3. The fourth-order valence-corrected chi connectivity index (χ4v) is 3.76. The zero-order chi connectivity index (χ0) is 14.9. The maximum Gasteiger partial charge on any atom is 0.272 e. The van der Waals surface area contributed by atoms with Crippen molar-refractivity contribution < 1.29 is 4.79 Å². The first-order valence-electron chi connectivity index (χ1n) is 8.15. The van der Waals surface area contributed by atoms with Gasteiger partial charge in [-0.15, -0.1) is 12.4 Å². The van der Waals surface area contributed by atoms with Gasteiger partial charge in [-0.25, -0.2) is 0 Å². The van der Waals surface area contributed by atoms with Gasteiger partial charge < -0.3 is 10.6 Å². The van der Waals surface area contributed by atoms with E-state index in [1.165, 1.54) is 25.7 Å². The minimum Gasteiger partial charge on any atom is -0.350 e. The van der Waals surface area contributed by atoms with Crippen LogP contribution in [0.5, 0.6) is 0 Å². The highest BCUT2D eigenvalue weighted by molar-refractivity contribution is 5.94. The fraction of sp³-hybridized carbons (Fsp3) is 0.750. The van der Waals surface area contributed by atoms with Gasteiger partial charge in [0.15, 0.2) is 5.69 Å². The molecule has 1 aliphatic heterocycles. The van der Waals surface area contributed by atoms with E-state index in [0.717, 1.165) is 37.3 Å². The lowest BCUT2D eigenvalue weighted by atomic mass is 9.64. The van der Waals surface area contributed by atoms with E-state index in [2.05, 4.69) is 34.7 Å². The molecule has 1 amide bonds.